The highest BCUT2D eigenvalue weighted by atomic mass is 16.2. The fourth-order valence-electron chi connectivity index (χ4n) is 1.49. The minimum Gasteiger partial charge on any atom is -0.342 e. The standard InChI is InChI=1S/C8H14N2O/c9-3-6-4-10(5-6)8(11)7-1-2-7/h6-7H,1-5,9H2. The Morgan fingerprint density at radius 1 is 1.45 bits per heavy atom. The molecule has 2 rings (SSSR count). The number of hydrogen-bond donors (Lipinski definition) is 1. The van der Waals surface area contributed by atoms with Crippen molar-refractivity contribution in [1.82, 2.24) is 4.90 Å². The van der Waals surface area contributed by atoms with Crippen molar-refractivity contribution in [2.75, 3.05) is 19.6 Å². The Hall–Kier alpha value is -0.570. The van der Waals surface area contributed by atoms with Crippen molar-refractivity contribution in [3.05, 3.63) is 0 Å². The first-order valence-electron chi connectivity index (χ1n) is 4.30. The summed E-state index contributed by atoms with van der Waals surface area (Å²) in [5.41, 5.74) is 5.45. The predicted octanol–water partition coefficient (Wildman–Crippen LogP) is -0.187. The summed E-state index contributed by atoms with van der Waals surface area (Å²) in [7, 11) is 0. The maximum atomic E-state index is 11.3. The zero-order valence-electron chi connectivity index (χ0n) is 6.62. The fourth-order valence-corrected chi connectivity index (χ4v) is 1.49. The Bertz CT molecular complexity index is 171. The molecule has 3 nitrogen and oxygen atoms in total. The van der Waals surface area contributed by atoms with E-state index in [2.05, 4.69) is 0 Å². The number of amides is 1. The van der Waals surface area contributed by atoms with Gasteiger partial charge in [0.05, 0.1) is 0 Å². The maximum Gasteiger partial charge on any atom is 0.225 e. The van der Waals surface area contributed by atoms with Crippen molar-refractivity contribution in [2.45, 2.75) is 12.8 Å². The van der Waals surface area contributed by atoms with Crippen molar-refractivity contribution in [3.63, 3.8) is 0 Å². The van der Waals surface area contributed by atoms with Crippen molar-refractivity contribution in [3.8, 4) is 0 Å². The van der Waals surface area contributed by atoms with E-state index in [4.69, 9.17) is 5.73 Å². The smallest absolute Gasteiger partial charge is 0.225 e. The number of carbonyl (C=O) groups is 1. The molecule has 2 N–H and O–H groups in total. The topological polar surface area (TPSA) is 46.3 Å². The molecule has 3 heteroatoms. The Balaban J connectivity index is 1.76. The van der Waals surface area contributed by atoms with E-state index in [1.165, 1.54) is 0 Å². The minimum atomic E-state index is 0.370. The number of likely N-dealkylation sites (tertiary alicyclic amines) is 1. The molecule has 0 bridgehead atoms. The predicted molar refractivity (Wildman–Crippen MR) is 41.8 cm³/mol. The lowest BCUT2D eigenvalue weighted by molar-refractivity contribution is -0.138. The summed E-state index contributed by atoms with van der Waals surface area (Å²) in [4.78, 5) is 13.3. The summed E-state index contributed by atoms with van der Waals surface area (Å²) in [5.74, 6) is 1.33. The highest BCUT2D eigenvalue weighted by Gasteiger charge is 2.38. The molecule has 1 amide bonds. The average Bonchev–Trinajstić information content (AvgIpc) is 2.65. The van der Waals surface area contributed by atoms with E-state index in [9.17, 15) is 4.79 Å². The monoisotopic (exact) mass is 154 g/mol. The largest absolute Gasteiger partial charge is 0.342 e. The van der Waals surface area contributed by atoms with Gasteiger partial charge in [-0.25, -0.2) is 0 Å². The molecular weight excluding hydrogens is 140 g/mol. The van der Waals surface area contributed by atoms with E-state index >= 15 is 0 Å². The minimum absolute atomic E-state index is 0.370. The van der Waals surface area contributed by atoms with Gasteiger partial charge in [-0.3, -0.25) is 4.79 Å². The maximum absolute atomic E-state index is 11.3. The van der Waals surface area contributed by atoms with Crippen LogP contribution in [0.4, 0.5) is 0 Å². The van der Waals surface area contributed by atoms with Gasteiger partial charge in [-0.1, -0.05) is 0 Å². The van der Waals surface area contributed by atoms with Crippen LogP contribution in [-0.4, -0.2) is 30.4 Å². The van der Waals surface area contributed by atoms with Gasteiger partial charge in [0, 0.05) is 24.9 Å². The van der Waals surface area contributed by atoms with Crippen molar-refractivity contribution < 1.29 is 4.79 Å². The van der Waals surface area contributed by atoms with Crippen LogP contribution in [0.3, 0.4) is 0 Å². The van der Waals surface area contributed by atoms with Gasteiger partial charge < -0.3 is 10.6 Å². The first kappa shape index (κ1) is 7.10. The number of hydrogen-bond acceptors (Lipinski definition) is 2. The molecule has 0 atom stereocenters. The first-order valence-corrected chi connectivity index (χ1v) is 4.30. The quantitative estimate of drug-likeness (QED) is 0.599. The average molecular weight is 154 g/mol. The fraction of sp³-hybridized carbons (Fsp3) is 0.875. The van der Waals surface area contributed by atoms with Gasteiger partial charge in [0.2, 0.25) is 5.91 Å². The van der Waals surface area contributed by atoms with Gasteiger partial charge in [-0.05, 0) is 19.4 Å². The van der Waals surface area contributed by atoms with Gasteiger partial charge in [0.15, 0.2) is 0 Å². The summed E-state index contributed by atoms with van der Waals surface area (Å²) < 4.78 is 0. The molecule has 1 aliphatic heterocycles. The lowest BCUT2D eigenvalue weighted by Gasteiger charge is -2.38. The van der Waals surface area contributed by atoms with Crippen LogP contribution in [0.25, 0.3) is 0 Å². The zero-order chi connectivity index (χ0) is 7.84. The lowest BCUT2D eigenvalue weighted by atomic mass is 10.00. The van der Waals surface area contributed by atoms with E-state index < -0.39 is 0 Å². The Kier molecular flexibility index (Phi) is 1.60. The van der Waals surface area contributed by atoms with Crippen LogP contribution in [0.2, 0.25) is 0 Å². The molecule has 0 radical (unpaired) electrons. The van der Waals surface area contributed by atoms with Crippen LogP contribution in [0, 0.1) is 11.8 Å². The molecule has 0 aromatic heterocycles. The normalized spacial score (nSPS) is 25.0. The third-order valence-electron chi connectivity index (χ3n) is 2.53. The van der Waals surface area contributed by atoms with Crippen LogP contribution < -0.4 is 5.73 Å². The summed E-state index contributed by atoms with van der Waals surface area (Å²) >= 11 is 0. The van der Waals surface area contributed by atoms with E-state index in [0.29, 0.717) is 17.7 Å². The van der Waals surface area contributed by atoms with Gasteiger partial charge in [-0.2, -0.15) is 0 Å². The first-order chi connectivity index (χ1) is 5.31. The second-order valence-corrected chi connectivity index (χ2v) is 3.62. The Labute approximate surface area is 66.5 Å². The summed E-state index contributed by atoms with van der Waals surface area (Å²) in [6, 6.07) is 0. The lowest BCUT2D eigenvalue weighted by Crippen LogP contribution is -2.53. The van der Waals surface area contributed by atoms with Crippen molar-refractivity contribution >= 4 is 5.91 Å². The van der Waals surface area contributed by atoms with Crippen LogP contribution in [0.5, 0.6) is 0 Å². The van der Waals surface area contributed by atoms with Crippen molar-refractivity contribution in [1.29, 1.82) is 0 Å². The summed E-state index contributed by atoms with van der Waals surface area (Å²) in [5, 5.41) is 0. The van der Waals surface area contributed by atoms with Crippen molar-refractivity contribution in [2.24, 2.45) is 17.6 Å². The number of rotatable bonds is 2. The highest BCUT2D eigenvalue weighted by Crippen LogP contribution is 2.33. The van der Waals surface area contributed by atoms with Crippen LogP contribution in [-0.2, 0) is 4.79 Å². The molecule has 0 aromatic rings. The SMILES string of the molecule is NCC1CN(C(=O)C2CC2)C1. The Morgan fingerprint density at radius 2 is 2.09 bits per heavy atom. The van der Waals surface area contributed by atoms with Crippen LogP contribution in [0.1, 0.15) is 12.8 Å². The molecule has 2 aliphatic rings. The summed E-state index contributed by atoms with van der Waals surface area (Å²) in [6.45, 7) is 2.55. The molecule has 1 saturated carbocycles. The van der Waals surface area contributed by atoms with Crippen LogP contribution >= 0.6 is 0 Å². The zero-order valence-corrected chi connectivity index (χ0v) is 6.62. The molecular formula is C8H14N2O. The molecule has 1 saturated heterocycles. The van der Waals surface area contributed by atoms with E-state index in [1.807, 2.05) is 4.90 Å². The third-order valence-corrected chi connectivity index (χ3v) is 2.53. The Morgan fingerprint density at radius 3 is 2.55 bits per heavy atom. The van der Waals surface area contributed by atoms with E-state index in [0.717, 1.165) is 32.5 Å². The molecule has 1 aliphatic carbocycles. The molecule has 62 valence electrons. The molecule has 1 heterocycles. The van der Waals surface area contributed by atoms with Gasteiger partial charge in [0.25, 0.3) is 0 Å². The number of carbonyl (C=O) groups excluding carboxylic acids is 1. The summed E-state index contributed by atoms with van der Waals surface area (Å²) in [6.07, 6.45) is 2.23. The molecule has 0 unspecified atom stereocenters. The number of nitrogens with zero attached hydrogens (tertiary/aromatic N) is 1. The highest BCUT2D eigenvalue weighted by molar-refractivity contribution is 5.81. The van der Waals surface area contributed by atoms with Crippen LogP contribution in [0.15, 0.2) is 0 Å². The van der Waals surface area contributed by atoms with E-state index in [1.54, 1.807) is 0 Å². The van der Waals surface area contributed by atoms with E-state index in [-0.39, 0.29) is 0 Å². The third kappa shape index (κ3) is 1.25. The molecule has 11 heavy (non-hydrogen) atoms. The molecule has 0 spiro atoms. The second-order valence-electron chi connectivity index (χ2n) is 3.62. The second kappa shape index (κ2) is 2.48. The molecule has 0 aromatic carbocycles. The number of nitrogens with two attached hydrogens (primary N) is 1. The molecule has 2 fully saturated rings. The van der Waals surface area contributed by atoms with Gasteiger partial charge in [-0.15, -0.1) is 0 Å². The van der Waals surface area contributed by atoms with Gasteiger partial charge >= 0.3 is 0 Å². The van der Waals surface area contributed by atoms with Gasteiger partial charge in [0.1, 0.15) is 0 Å².